The average Bonchev–Trinajstić information content (AvgIpc) is 2.99. The van der Waals surface area contributed by atoms with Crippen LogP contribution in [0.15, 0.2) is 41.8 Å². The maximum atomic E-state index is 6.00. The van der Waals surface area contributed by atoms with Crippen molar-refractivity contribution in [2.45, 2.75) is 6.04 Å². The number of nitrogens with two attached hydrogens (primary N) is 1. The second-order valence-corrected chi connectivity index (χ2v) is 6.59. The first-order chi connectivity index (χ1) is 8.79. The van der Waals surface area contributed by atoms with Crippen molar-refractivity contribution in [3.05, 3.63) is 56.6 Å². The Hall–Kier alpha value is -0.910. The maximum absolute atomic E-state index is 6.00. The van der Waals surface area contributed by atoms with E-state index in [1.165, 1.54) is 15.6 Å². The molecule has 3 N–H and O–H groups in total. The Labute approximate surface area is 118 Å². The van der Waals surface area contributed by atoms with E-state index in [4.69, 9.17) is 17.4 Å². The third-order valence-corrected chi connectivity index (χ3v) is 5.14. The van der Waals surface area contributed by atoms with E-state index in [-0.39, 0.29) is 6.04 Å². The SMILES string of the molecule is NNC(c1ccc(Cl)s1)c1cccc2ccsc12. The van der Waals surface area contributed by atoms with E-state index < -0.39 is 0 Å². The summed E-state index contributed by atoms with van der Waals surface area (Å²) in [6, 6.07) is 12.3. The molecule has 0 aliphatic heterocycles. The van der Waals surface area contributed by atoms with Gasteiger partial charge in [0.1, 0.15) is 0 Å². The highest BCUT2D eigenvalue weighted by Gasteiger charge is 2.17. The molecule has 1 atom stereocenters. The summed E-state index contributed by atoms with van der Waals surface area (Å²) in [6.07, 6.45) is 0. The average molecular weight is 295 g/mol. The van der Waals surface area contributed by atoms with Gasteiger partial charge in [-0.25, -0.2) is 5.43 Å². The molecule has 2 nitrogen and oxygen atoms in total. The molecule has 2 heterocycles. The number of rotatable bonds is 3. The molecule has 92 valence electrons. The zero-order valence-corrected chi connectivity index (χ0v) is 11.8. The fourth-order valence-electron chi connectivity index (χ4n) is 2.05. The van der Waals surface area contributed by atoms with Crippen molar-refractivity contribution in [3.63, 3.8) is 0 Å². The lowest BCUT2D eigenvalue weighted by atomic mass is 10.0. The summed E-state index contributed by atoms with van der Waals surface area (Å²) < 4.78 is 2.05. The quantitative estimate of drug-likeness (QED) is 0.562. The van der Waals surface area contributed by atoms with Crippen LogP contribution in [-0.2, 0) is 0 Å². The van der Waals surface area contributed by atoms with Crippen LogP contribution in [0.3, 0.4) is 0 Å². The highest BCUT2D eigenvalue weighted by molar-refractivity contribution is 7.17. The van der Waals surface area contributed by atoms with Gasteiger partial charge in [-0.05, 0) is 34.5 Å². The predicted octanol–water partition coefficient (Wildman–Crippen LogP) is 4.17. The lowest BCUT2D eigenvalue weighted by Crippen LogP contribution is -2.28. The van der Waals surface area contributed by atoms with Gasteiger partial charge in [-0.15, -0.1) is 22.7 Å². The third-order valence-electron chi connectivity index (χ3n) is 2.87. The summed E-state index contributed by atoms with van der Waals surface area (Å²) >= 11 is 9.29. The van der Waals surface area contributed by atoms with E-state index in [0.717, 1.165) is 9.21 Å². The van der Waals surface area contributed by atoms with Crippen LogP contribution in [0.2, 0.25) is 4.34 Å². The van der Waals surface area contributed by atoms with E-state index in [1.807, 2.05) is 12.1 Å². The van der Waals surface area contributed by atoms with Gasteiger partial charge in [0.05, 0.1) is 10.4 Å². The zero-order chi connectivity index (χ0) is 12.5. The number of hydrogen-bond donors (Lipinski definition) is 2. The molecule has 1 unspecified atom stereocenters. The van der Waals surface area contributed by atoms with Gasteiger partial charge < -0.3 is 0 Å². The van der Waals surface area contributed by atoms with Crippen molar-refractivity contribution in [1.29, 1.82) is 0 Å². The van der Waals surface area contributed by atoms with Gasteiger partial charge in [-0.2, -0.15) is 0 Å². The molecule has 3 rings (SSSR count). The lowest BCUT2D eigenvalue weighted by molar-refractivity contribution is 0.651. The van der Waals surface area contributed by atoms with Gasteiger partial charge in [0.15, 0.2) is 0 Å². The number of thiophene rings is 2. The Balaban J connectivity index is 2.14. The molecule has 2 aromatic heterocycles. The topological polar surface area (TPSA) is 38.0 Å². The van der Waals surface area contributed by atoms with Gasteiger partial charge in [-0.3, -0.25) is 5.84 Å². The minimum Gasteiger partial charge on any atom is -0.271 e. The monoisotopic (exact) mass is 294 g/mol. The second kappa shape index (κ2) is 4.99. The number of nitrogens with one attached hydrogen (secondary N) is 1. The first kappa shape index (κ1) is 12.1. The van der Waals surface area contributed by atoms with E-state index in [0.29, 0.717) is 0 Å². The number of hydrogen-bond acceptors (Lipinski definition) is 4. The van der Waals surface area contributed by atoms with Crippen LogP contribution in [0.5, 0.6) is 0 Å². The number of halogens is 1. The predicted molar refractivity (Wildman–Crippen MR) is 80.3 cm³/mol. The van der Waals surface area contributed by atoms with Crippen LogP contribution in [0, 0.1) is 0 Å². The zero-order valence-electron chi connectivity index (χ0n) is 9.39. The number of benzene rings is 1. The van der Waals surface area contributed by atoms with E-state index in [1.54, 1.807) is 22.7 Å². The van der Waals surface area contributed by atoms with Gasteiger partial charge >= 0.3 is 0 Å². The minimum atomic E-state index is -0.00940. The molecule has 1 aromatic carbocycles. The van der Waals surface area contributed by atoms with Crippen LogP contribution in [0.1, 0.15) is 16.5 Å². The first-order valence-corrected chi connectivity index (χ1v) is 7.54. The summed E-state index contributed by atoms with van der Waals surface area (Å²) in [7, 11) is 0. The standard InChI is InChI=1S/C13H11ClN2S2/c14-11-5-4-10(18-11)12(16-15)9-3-1-2-8-6-7-17-13(8)9/h1-7,12,16H,15H2. The lowest BCUT2D eigenvalue weighted by Gasteiger charge is -2.15. The molecule has 5 heteroatoms. The van der Waals surface area contributed by atoms with E-state index >= 15 is 0 Å². The molecule has 0 radical (unpaired) electrons. The van der Waals surface area contributed by atoms with Gasteiger partial charge in [0.25, 0.3) is 0 Å². The fraction of sp³-hybridized carbons (Fsp3) is 0.0769. The summed E-state index contributed by atoms with van der Waals surface area (Å²) in [5.41, 5.74) is 4.09. The highest BCUT2D eigenvalue weighted by Crippen LogP contribution is 2.35. The largest absolute Gasteiger partial charge is 0.271 e. The van der Waals surface area contributed by atoms with Crippen LogP contribution in [0.4, 0.5) is 0 Å². The maximum Gasteiger partial charge on any atom is 0.0931 e. The van der Waals surface area contributed by atoms with Gasteiger partial charge in [-0.1, -0.05) is 29.8 Å². The summed E-state index contributed by atoms with van der Waals surface area (Å²) in [6.45, 7) is 0. The smallest absolute Gasteiger partial charge is 0.0931 e. The molecule has 0 spiro atoms. The molecule has 18 heavy (non-hydrogen) atoms. The Morgan fingerprint density at radius 3 is 2.78 bits per heavy atom. The van der Waals surface area contributed by atoms with Crippen LogP contribution in [0.25, 0.3) is 10.1 Å². The molecular formula is C13H11ClN2S2. The molecule has 0 saturated carbocycles. The minimum absolute atomic E-state index is 0.00940. The molecule has 0 aliphatic carbocycles. The molecular weight excluding hydrogens is 284 g/mol. The fourth-order valence-corrected chi connectivity index (χ4v) is 4.14. The Morgan fingerprint density at radius 2 is 2.06 bits per heavy atom. The van der Waals surface area contributed by atoms with Crippen molar-refractivity contribution in [2.24, 2.45) is 5.84 Å². The molecule has 0 fully saturated rings. The number of hydrazine groups is 1. The molecule has 0 amide bonds. The number of fused-ring (bicyclic) bond motifs is 1. The molecule has 0 bridgehead atoms. The molecule has 3 aromatic rings. The van der Waals surface area contributed by atoms with E-state index in [2.05, 4.69) is 35.1 Å². The summed E-state index contributed by atoms with van der Waals surface area (Å²) in [5, 5.41) is 3.35. The third kappa shape index (κ3) is 2.06. The van der Waals surface area contributed by atoms with Crippen LogP contribution < -0.4 is 11.3 Å². The van der Waals surface area contributed by atoms with Crippen LogP contribution in [-0.4, -0.2) is 0 Å². The van der Waals surface area contributed by atoms with Crippen molar-refractivity contribution in [1.82, 2.24) is 5.43 Å². The van der Waals surface area contributed by atoms with E-state index in [9.17, 15) is 0 Å². The summed E-state index contributed by atoms with van der Waals surface area (Å²) in [4.78, 5) is 1.13. The highest BCUT2D eigenvalue weighted by atomic mass is 35.5. The Kier molecular flexibility index (Phi) is 3.37. The van der Waals surface area contributed by atoms with Crippen molar-refractivity contribution >= 4 is 44.4 Å². The van der Waals surface area contributed by atoms with Crippen molar-refractivity contribution < 1.29 is 0 Å². The normalized spacial score (nSPS) is 13.0. The van der Waals surface area contributed by atoms with Gasteiger partial charge in [0, 0.05) is 9.58 Å². The Morgan fingerprint density at radius 1 is 1.17 bits per heavy atom. The van der Waals surface area contributed by atoms with Gasteiger partial charge in [0.2, 0.25) is 0 Å². The first-order valence-electron chi connectivity index (χ1n) is 5.47. The molecule has 0 saturated heterocycles. The van der Waals surface area contributed by atoms with Crippen molar-refractivity contribution in [3.8, 4) is 0 Å². The van der Waals surface area contributed by atoms with Crippen LogP contribution >= 0.6 is 34.3 Å². The molecule has 0 aliphatic rings. The Bertz CT molecular complexity index is 674. The van der Waals surface area contributed by atoms with Crippen molar-refractivity contribution in [2.75, 3.05) is 0 Å². The summed E-state index contributed by atoms with van der Waals surface area (Å²) in [5.74, 6) is 5.72. The second-order valence-electron chi connectivity index (χ2n) is 3.93.